The lowest BCUT2D eigenvalue weighted by Gasteiger charge is -2.06. The van der Waals surface area contributed by atoms with Gasteiger partial charge in [0.1, 0.15) is 11.5 Å². The summed E-state index contributed by atoms with van der Waals surface area (Å²) in [5.41, 5.74) is 3.77. The molecule has 0 radical (unpaired) electrons. The topological polar surface area (TPSA) is 73.8 Å². The minimum Gasteiger partial charge on any atom is -0.432 e. The Labute approximate surface area is 192 Å². The molecule has 5 rings (SSSR count). The average molecular weight is 495 g/mol. The first-order chi connectivity index (χ1) is 15.4. The number of oxazole rings is 1. The highest BCUT2D eigenvalue weighted by Gasteiger charge is 2.27. The van der Waals surface area contributed by atoms with Gasteiger partial charge in [-0.15, -0.1) is 0 Å². The van der Waals surface area contributed by atoms with Crippen molar-refractivity contribution in [3.05, 3.63) is 81.4 Å². The van der Waals surface area contributed by atoms with Crippen molar-refractivity contribution in [2.75, 3.05) is 0 Å². The van der Waals surface area contributed by atoms with Crippen LogP contribution in [0.25, 0.3) is 28.7 Å². The summed E-state index contributed by atoms with van der Waals surface area (Å²) in [4.78, 5) is 26.3. The fourth-order valence-electron chi connectivity index (χ4n) is 3.52. The summed E-state index contributed by atoms with van der Waals surface area (Å²) in [5, 5.41) is 0.586. The van der Waals surface area contributed by atoms with E-state index < -0.39 is 5.69 Å². The van der Waals surface area contributed by atoms with Crippen LogP contribution in [0.5, 0.6) is 0 Å². The van der Waals surface area contributed by atoms with Crippen LogP contribution >= 0.6 is 15.9 Å². The van der Waals surface area contributed by atoms with Crippen LogP contribution in [0.1, 0.15) is 41.3 Å². The third-order valence-corrected chi connectivity index (χ3v) is 6.17. The highest BCUT2D eigenvalue weighted by Crippen LogP contribution is 2.38. The summed E-state index contributed by atoms with van der Waals surface area (Å²) in [6.07, 6.45) is 3.76. The van der Waals surface area contributed by atoms with Crippen molar-refractivity contribution < 1.29 is 8.81 Å². The van der Waals surface area contributed by atoms with Crippen molar-refractivity contribution in [2.45, 2.75) is 37.9 Å². The molecule has 0 amide bonds. The quantitative estimate of drug-likeness (QED) is 0.343. The molecule has 0 unspecified atom stereocenters. The summed E-state index contributed by atoms with van der Waals surface area (Å²) in [7, 11) is 0. The Hall–Kier alpha value is -3.13. The molecule has 1 saturated carbocycles. The molecule has 3 heterocycles. The van der Waals surface area contributed by atoms with Crippen LogP contribution < -0.4 is 5.69 Å². The van der Waals surface area contributed by atoms with Gasteiger partial charge in [-0.3, -0.25) is 0 Å². The molecule has 0 atom stereocenters. The normalized spacial score (nSPS) is 13.5. The zero-order chi connectivity index (χ0) is 22.4. The number of aromatic nitrogens is 4. The molecule has 0 aliphatic heterocycles. The number of benzene rings is 1. The standard InChI is InChI=1S/C24H20BrFN4O2/c1-13-3-5-16(11-17(13)26)21-22(30-10-9-18(15-6-7-15)28-24(30)31)29-23(32-21)19-8-4-14(2)20(12-25)27-19/h3-5,8-11,15H,6-7,12H2,1-2H3. The molecule has 6 nitrogen and oxygen atoms in total. The largest absolute Gasteiger partial charge is 0.432 e. The number of pyridine rings is 1. The molecule has 162 valence electrons. The fraction of sp³-hybridized carbons (Fsp3) is 0.250. The van der Waals surface area contributed by atoms with Crippen LogP contribution in [0.4, 0.5) is 4.39 Å². The predicted octanol–water partition coefficient (Wildman–Crippen LogP) is 5.48. The molecular weight excluding hydrogens is 475 g/mol. The lowest BCUT2D eigenvalue weighted by Crippen LogP contribution is -2.22. The summed E-state index contributed by atoms with van der Waals surface area (Å²) in [6.45, 7) is 3.66. The highest BCUT2D eigenvalue weighted by atomic mass is 79.9. The molecular formula is C24H20BrFN4O2. The van der Waals surface area contributed by atoms with E-state index in [1.165, 1.54) is 10.6 Å². The molecule has 1 aliphatic rings. The molecule has 8 heteroatoms. The minimum absolute atomic E-state index is 0.247. The molecule has 1 fully saturated rings. The van der Waals surface area contributed by atoms with E-state index in [0.717, 1.165) is 29.8 Å². The number of rotatable bonds is 5. The summed E-state index contributed by atoms with van der Waals surface area (Å²) >= 11 is 3.45. The van der Waals surface area contributed by atoms with Gasteiger partial charge in [0, 0.05) is 23.0 Å². The molecule has 1 aromatic carbocycles. The molecule has 0 N–H and O–H groups in total. The predicted molar refractivity (Wildman–Crippen MR) is 123 cm³/mol. The zero-order valence-electron chi connectivity index (χ0n) is 17.6. The Bertz CT molecular complexity index is 1390. The smallest absolute Gasteiger partial charge is 0.353 e. The Morgan fingerprint density at radius 2 is 1.88 bits per heavy atom. The van der Waals surface area contributed by atoms with E-state index in [0.29, 0.717) is 28.1 Å². The van der Waals surface area contributed by atoms with Gasteiger partial charge < -0.3 is 4.42 Å². The average Bonchev–Trinajstić information content (AvgIpc) is 3.55. The van der Waals surface area contributed by atoms with Gasteiger partial charge in [0.05, 0.1) is 11.4 Å². The zero-order valence-corrected chi connectivity index (χ0v) is 19.2. The summed E-state index contributed by atoms with van der Waals surface area (Å²) in [5.74, 6) is 0.776. The van der Waals surface area contributed by atoms with E-state index in [2.05, 4.69) is 30.9 Å². The SMILES string of the molecule is Cc1ccc(-c2oc(-c3ccc(C)c(CBr)n3)nc2-n2ccc(C3CC3)nc2=O)cc1F. The van der Waals surface area contributed by atoms with Gasteiger partial charge in [-0.05, 0) is 56.0 Å². The van der Waals surface area contributed by atoms with E-state index in [-0.39, 0.29) is 23.3 Å². The molecule has 4 aromatic rings. The summed E-state index contributed by atoms with van der Waals surface area (Å²) < 4.78 is 21.8. The van der Waals surface area contributed by atoms with E-state index in [1.807, 2.05) is 25.1 Å². The second-order valence-corrected chi connectivity index (χ2v) is 8.57. The monoisotopic (exact) mass is 494 g/mol. The van der Waals surface area contributed by atoms with E-state index in [4.69, 9.17) is 4.42 Å². The number of alkyl halides is 1. The van der Waals surface area contributed by atoms with Crippen LogP contribution in [0.2, 0.25) is 0 Å². The maximum Gasteiger partial charge on any atom is 0.353 e. The lowest BCUT2D eigenvalue weighted by atomic mass is 10.1. The molecule has 32 heavy (non-hydrogen) atoms. The number of aryl methyl sites for hydroxylation is 2. The highest BCUT2D eigenvalue weighted by molar-refractivity contribution is 9.08. The first-order valence-corrected chi connectivity index (χ1v) is 11.5. The summed E-state index contributed by atoms with van der Waals surface area (Å²) in [6, 6.07) is 10.4. The van der Waals surface area contributed by atoms with Gasteiger partial charge >= 0.3 is 5.69 Å². The van der Waals surface area contributed by atoms with Crippen LogP contribution in [-0.4, -0.2) is 19.5 Å². The Balaban J connectivity index is 1.69. The van der Waals surface area contributed by atoms with Gasteiger partial charge in [0.25, 0.3) is 0 Å². The molecule has 0 bridgehead atoms. The van der Waals surface area contributed by atoms with Crippen molar-refractivity contribution in [3.63, 3.8) is 0 Å². The van der Waals surface area contributed by atoms with Gasteiger partial charge in [0.15, 0.2) is 11.6 Å². The Morgan fingerprint density at radius 1 is 1.09 bits per heavy atom. The van der Waals surface area contributed by atoms with Gasteiger partial charge in [-0.2, -0.15) is 9.97 Å². The third kappa shape index (κ3) is 3.79. The van der Waals surface area contributed by atoms with E-state index in [9.17, 15) is 9.18 Å². The third-order valence-electron chi connectivity index (χ3n) is 5.64. The van der Waals surface area contributed by atoms with Gasteiger partial charge in [-0.1, -0.05) is 34.1 Å². The van der Waals surface area contributed by atoms with Gasteiger partial charge in [-0.25, -0.2) is 18.7 Å². The van der Waals surface area contributed by atoms with E-state index in [1.54, 1.807) is 25.3 Å². The lowest BCUT2D eigenvalue weighted by molar-refractivity contribution is 0.582. The number of halogens is 2. The number of hydrogen-bond donors (Lipinski definition) is 0. The second-order valence-electron chi connectivity index (χ2n) is 8.01. The van der Waals surface area contributed by atoms with Crippen molar-refractivity contribution in [2.24, 2.45) is 0 Å². The number of nitrogens with zero attached hydrogens (tertiary/aromatic N) is 4. The maximum absolute atomic E-state index is 14.3. The first-order valence-electron chi connectivity index (χ1n) is 10.3. The Morgan fingerprint density at radius 3 is 2.56 bits per heavy atom. The van der Waals surface area contributed by atoms with Crippen LogP contribution in [-0.2, 0) is 5.33 Å². The minimum atomic E-state index is -0.443. The van der Waals surface area contributed by atoms with Crippen LogP contribution in [0, 0.1) is 19.7 Å². The van der Waals surface area contributed by atoms with E-state index >= 15 is 0 Å². The van der Waals surface area contributed by atoms with Crippen molar-refractivity contribution in [3.8, 4) is 28.7 Å². The first kappa shape index (κ1) is 20.8. The number of hydrogen-bond acceptors (Lipinski definition) is 5. The van der Waals surface area contributed by atoms with Gasteiger partial charge in [0.2, 0.25) is 5.89 Å². The molecule has 3 aromatic heterocycles. The molecule has 0 spiro atoms. The molecule has 1 aliphatic carbocycles. The van der Waals surface area contributed by atoms with Crippen molar-refractivity contribution in [1.29, 1.82) is 0 Å². The second kappa shape index (κ2) is 8.09. The fourth-order valence-corrected chi connectivity index (χ4v) is 4.08. The van der Waals surface area contributed by atoms with Crippen molar-refractivity contribution >= 4 is 15.9 Å². The maximum atomic E-state index is 14.3. The van der Waals surface area contributed by atoms with Crippen LogP contribution in [0.3, 0.4) is 0 Å². The Kier molecular flexibility index (Phi) is 5.25. The van der Waals surface area contributed by atoms with Crippen LogP contribution in [0.15, 0.2) is 51.8 Å². The molecule has 0 saturated heterocycles. The van der Waals surface area contributed by atoms with Crippen molar-refractivity contribution in [1.82, 2.24) is 19.5 Å².